The van der Waals surface area contributed by atoms with Crippen molar-refractivity contribution in [3.63, 3.8) is 0 Å². The van der Waals surface area contributed by atoms with Gasteiger partial charge in [0.2, 0.25) is 0 Å². The van der Waals surface area contributed by atoms with Crippen LogP contribution in [-0.4, -0.2) is 21.6 Å². The van der Waals surface area contributed by atoms with Crippen LogP contribution >= 0.6 is 39.0 Å². The van der Waals surface area contributed by atoms with Crippen LogP contribution in [0.1, 0.15) is 17.8 Å². The van der Waals surface area contributed by atoms with Gasteiger partial charge in [-0.25, -0.2) is 4.98 Å². The molecular weight excluding hydrogens is 384 g/mol. The largest absolute Gasteiger partial charge is 0.297 e. The lowest BCUT2D eigenvalue weighted by molar-refractivity contribution is -0.117. The van der Waals surface area contributed by atoms with Crippen LogP contribution in [0.25, 0.3) is 11.3 Å². The Morgan fingerprint density at radius 2 is 2.09 bits per heavy atom. The summed E-state index contributed by atoms with van der Waals surface area (Å²) in [4.78, 5) is 27.4. The van der Waals surface area contributed by atoms with Crippen LogP contribution in [0.2, 0.25) is 0 Å². The lowest BCUT2D eigenvalue weighted by Gasteiger charge is -2.03. The molecule has 0 fully saturated rings. The zero-order chi connectivity index (χ0) is 16.1. The van der Waals surface area contributed by atoms with Crippen molar-refractivity contribution in [2.45, 2.75) is 12.8 Å². The van der Waals surface area contributed by atoms with E-state index in [1.807, 2.05) is 35.7 Å². The van der Waals surface area contributed by atoms with Crippen LogP contribution in [-0.2, 0) is 9.59 Å². The van der Waals surface area contributed by atoms with E-state index in [1.54, 1.807) is 0 Å². The molecule has 1 atom stereocenters. The second kappa shape index (κ2) is 7.68. The number of carbonyl (C=O) groups excluding carboxylic acids is 2. The third kappa shape index (κ3) is 4.26. The molecule has 1 unspecified atom stereocenters. The van der Waals surface area contributed by atoms with Crippen molar-refractivity contribution < 1.29 is 9.59 Å². The fourth-order valence-corrected chi connectivity index (χ4v) is 3.36. The zero-order valence-corrected chi connectivity index (χ0v) is 14.8. The maximum absolute atomic E-state index is 12.0. The Bertz CT molecular complexity index is 735. The maximum atomic E-state index is 12.0. The van der Waals surface area contributed by atoms with Crippen molar-refractivity contribution >= 4 is 49.9 Å². The summed E-state index contributed by atoms with van der Waals surface area (Å²) in [5.41, 5.74) is 1.66. The Labute approximate surface area is 144 Å². The number of thioether (sulfide) groups is 1. The highest BCUT2D eigenvalue weighted by Gasteiger charge is 2.24. The summed E-state index contributed by atoms with van der Waals surface area (Å²) in [6, 6.07) is 9.63. The molecule has 0 spiro atoms. The van der Waals surface area contributed by atoms with Gasteiger partial charge in [0.05, 0.1) is 17.5 Å². The fraction of sp³-hybridized carbons (Fsp3) is 0.200. The summed E-state index contributed by atoms with van der Waals surface area (Å²) in [5.74, 6) is -1.21. The Kier molecular flexibility index (Phi) is 5.89. The molecule has 1 heterocycles. The van der Waals surface area contributed by atoms with E-state index in [-0.39, 0.29) is 16.7 Å². The molecule has 0 saturated carbocycles. The smallest absolute Gasteiger partial charge is 0.186 e. The molecular formula is C15H11BrN2O2S2. The van der Waals surface area contributed by atoms with Gasteiger partial charge in [-0.15, -0.1) is 11.3 Å². The molecule has 7 heteroatoms. The molecule has 0 radical (unpaired) electrons. The van der Waals surface area contributed by atoms with E-state index in [4.69, 9.17) is 0 Å². The van der Waals surface area contributed by atoms with E-state index in [9.17, 15) is 14.9 Å². The number of hydrogen-bond donors (Lipinski definition) is 0. The fourth-order valence-electron chi connectivity index (χ4n) is 1.69. The van der Waals surface area contributed by atoms with Gasteiger partial charge in [0.1, 0.15) is 5.01 Å². The number of Topliss-reactive ketones (excluding diaryl/α,β-unsaturated/α-hetero) is 1. The van der Waals surface area contributed by atoms with Crippen molar-refractivity contribution in [2.75, 3.05) is 5.75 Å². The number of nitrogens with zero attached hydrogens (tertiary/aromatic N) is 2. The molecule has 112 valence electrons. The normalized spacial score (nSPS) is 11.7. The quantitative estimate of drug-likeness (QED) is 0.765. The predicted molar refractivity (Wildman–Crippen MR) is 91.8 cm³/mol. The van der Waals surface area contributed by atoms with Gasteiger partial charge in [0, 0.05) is 22.3 Å². The first-order valence-electron chi connectivity index (χ1n) is 6.28. The standard InChI is InChI=1S/C15H11BrN2O2S2/c1-9(19)21-8-14(20)12(6-17)15-18-13(7-22-15)10-2-4-11(16)5-3-10/h2-5,7,12H,8H2,1H3. The van der Waals surface area contributed by atoms with Crippen molar-refractivity contribution in [3.05, 3.63) is 39.1 Å². The van der Waals surface area contributed by atoms with Crippen LogP contribution in [0.3, 0.4) is 0 Å². The first kappa shape index (κ1) is 16.9. The topological polar surface area (TPSA) is 70.8 Å². The van der Waals surface area contributed by atoms with Crippen LogP contribution in [0, 0.1) is 11.3 Å². The first-order chi connectivity index (χ1) is 10.5. The van der Waals surface area contributed by atoms with Crippen molar-refractivity contribution in [3.8, 4) is 17.3 Å². The lowest BCUT2D eigenvalue weighted by Crippen LogP contribution is -2.13. The molecule has 0 aliphatic heterocycles. The van der Waals surface area contributed by atoms with E-state index in [0.717, 1.165) is 27.5 Å². The van der Waals surface area contributed by atoms with E-state index in [0.29, 0.717) is 5.01 Å². The van der Waals surface area contributed by atoms with Crippen molar-refractivity contribution in [2.24, 2.45) is 0 Å². The molecule has 4 nitrogen and oxygen atoms in total. The number of thiazole rings is 1. The number of rotatable bonds is 5. The van der Waals surface area contributed by atoms with Crippen molar-refractivity contribution in [1.29, 1.82) is 5.26 Å². The summed E-state index contributed by atoms with van der Waals surface area (Å²) in [5, 5.41) is 11.4. The number of nitriles is 1. The van der Waals surface area contributed by atoms with E-state index < -0.39 is 5.92 Å². The molecule has 1 aromatic heterocycles. The second-order valence-corrected chi connectivity index (χ2v) is 7.34. The van der Waals surface area contributed by atoms with E-state index in [1.165, 1.54) is 18.3 Å². The molecule has 1 aromatic carbocycles. The van der Waals surface area contributed by atoms with E-state index in [2.05, 4.69) is 20.9 Å². The number of ketones is 1. The molecule has 0 aliphatic rings. The summed E-state index contributed by atoms with van der Waals surface area (Å²) in [6.45, 7) is 1.40. The van der Waals surface area contributed by atoms with Gasteiger partial charge in [-0.3, -0.25) is 9.59 Å². The highest BCUT2D eigenvalue weighted by atomic mass is 79.9. The predicted octanol–water partition coefficient (Wildman–Crippen LogP) is 4.03. The minimum Gasteiger partial charge on any atom is -0.297 e. The van der Waals surface area contributed by atoms with Gasteiger partial charge in [-0.1, -0.05) is 39.8 Å². The average Bonchev–Trinajstić information content (AvgIpc) is 2.96. The summed E-state index contributed by atoms with van der Waals surface area (Å²) in [6.07, 6.45) is 0. The second-order valence-electron chi connectivity index (χ2n) is 4.39. The third-order valence-electron chi connectivity index (χ3n) is 2.78. The molecule has 2 aromatic rings. The molecule has 0 aliphatic carbocycles. The number of carbonyl (C=O) groups is 2. The monoisotopic (exact) mass is 394 g/mol. The third-order valence-corrected chi connectivity index (χ3v) is 5.05. The van der Waals surface area contributed by atoms with E-state index >= 15 is 0 Å². The number of halogens is 1. The van der Waals surface area contributed by atoms with Gasteiger partial charge in [-0.05, 0) is 12.1 Å². The lowest BCUT2D eigenvalue weighted by atomic mass is 10.1. The number of hydrogen-bond acceptors (Lipinski definition) is 6. The minimum atomic E-state index is -0.916. The Morgan fingerprint density at radius 1 is 1.41 bits per heavy atom. The molecule has 0 N–H and O–H groups in total. The van der Waals surface area contributed by atoms with Gasteiger partial charge in [-0.2, -0.15) is 5.26 Å². The SMILES string of the molecule is CC(=O)SCC(=O)C(C#N)c1nc(-c2ccc(Br)cc2)cs1. The zero-order valence-electron chi connectivity index (χ0n) is 11.6. The number of benzene rings is 1. The summed E-state index contributed by atoms with van der Waals surface area (Å²) < 4.78 is 0.970. The van der Waals surface area contributed by atoms with Gasteiger partial charge >= 0.3 is 0 Å². The summed E-state index contributed by atoms with van der Waals surface area (Å²) >= 11 is 5.57. The molecule has 2 rings (SSSR count). The highest BCUT2D eigenvalue weighted by molar-refractivity contribution is 9.10. The molecule has 0 amide bonds. The maximum Gasteiger partial charge on any atom is 0.186 e. The van der Waals surface area contributed by atoms with Gasteiger partial charge < -0.3 is 0 Å². The first-order valence-corrected chi connectivity index (χ1v) is 8.94. The van der Waals surface area contributed by atoms with Gasteiger partial charge in [0.25, 0.3) is 0 Å². The minimum absolute atomic E-state index is 0.000751. The summed E-state index contributed by atoms with van der Waals surface area (Å²) in [7, 11) is 0. The molecule has 0 bridgehead atoms. The molecule has 22 heavy (non-hydrogen) atoms. The number of aromatic nitrogens is 1. The average molecular weight is 395 g/mol. The van der Waals surface area contributed by atoms with Crippen molar-refractivity contribution in [1.82, 2.24) is 4.98 Å². The van der Waals surface area contributed by atoms with Gasteiger partial charge in [0.15, 0.2) is 16.8 Å². The van der Waals surface area contributed by atoms with Crippen LogP contribution in [0.15, 0.2) is 34.1 Å². The Morgan fingerprint density at radius 3 is 2.68 bits per heavy atom. The highest BCUT2D eigenvalue weighted by Crippen LogP contribution is 2.28. The van der Waals surface area contributed by atoms with Crippen LogP contribution < -0.4 is 0 Å². The van der Waals surface area contributed by atoms with Crippen LogP contribution in [0.4, 0.5) is 0 Å². The molecule has 0 saturated heterocycles. The van der Waals surface area contributed by atoms with Crippen LogP contribution in [0.5, 0.6) is 0 Å². The Balaban J connectivity index is 2.18. The Hall–Kier alpha value is -1.49.